The van der Waals surface area contributed by atoms with E-state index in [4.69, 9.17) is 0 Å². The average Bonchev–Trinajstić information content (AvgIpc) is 2.87. The van der Waals surface area contributed by atoms with Gasteiger partial charge in [-0.2, -0.15) is 5.10 Å². The number of nitrogens with zero attached hydrogens (tertiary/aromatic N) is 4. The fourth-order valence-electron chi connectivity index (χ4n) is 2.97. The second kappa shape index (κ2) is 5.05. The van der Waals surface area contributed by atoms with Crippen LogP contribution in [-0.4, -0.2) is 32.4 Å². The minimum Gasteiger partial charge on any atom is -0.353 e. The Morgan fingerprint density at radius 2 is 1.76 bits per heavy atom. The maximum atomic E-state index is 12.2. The molecule has 1 fully saturated rings. The van der Waals surface area contributed by atoms with E-state index in [0.717, 1.165) is 31.7 Å². The minimum absolute atomic E-state index is 0.0599. The Morgan fingerprint density at radius 1 is 1.10 bits per heavy atom. The van der Waals surface area contributed by atoms with Crippen molar-refractivity contribution in [2.24, 2.45) is 7.05 Å². The summed E-state index contributed by atoms with van der Waals surface area (Å²) >= 11 is 0. The number of hydrogen-bond donors (Lipinski definition) is 1. The Bertz CT molecular complexity index is 777. The highest BCUT2D eigenvalue weighted by molar-refractivity contribution is 5.86. The van der Waals surface area contributed by atoms with Crippen molar-refractivity contribution >= 4 is 16.9 Å². The second-order valence-corrected chi connectivity index (χ2v) is 5.93. The molecular weight excluding hydrogens is 270 g/mol. The molecule has 1 saturated heterocycles. The Kier molecular flexibility index (Phi) is 3.35. The van der Waals surface area contributed by atoms with Gasteiger partial charge in [-0.1, -0.05) is 0 Å². The molecule has 3 heterocycles. The van der Waals surface area contributed by atoms with Crippen molar-refractivity contribution in [2.75, 3.05) is 18.0 Å². The van der Waals surface area contributed by atoms with Gasteiger partial charge in [0.1, 0.15) is 5.52 Å². The first-order chi connectivity index (χ1) is 10.0. The van der Waals surface area contributed by atoms with Gasteiger partial charge < -0.3 is 4.90 Å². The zero-order chi connectivity index (χ0) is 15.1. The van der Waals surface area contributed by atoms with E-state index in [2.05, 4.69) is 15.0 Å². The van der Waals surface area contributed by atoms with Crippen LogP contribution in [0.4, 0.5) is 5.82 Å². The van der Waals surface area contributed by atoms with Crippen LogP contribution in [0.5, 0.6) is 0 Å². The number of anilines is 1. The summed E-state index contributed by atoms with van der Waals surface area (Å²) in [5.74, 6) is 0.754. The number of rotatable bonds is 2. The minimum atomic E-state index is -0.394. The summed E-state index contributed by atoms with van der Waals surface area (Å²) in [5, 5.41) is 4.64. The maximum Gasteiger partial charge on any atom is 0.328 e. The van der Waals surface area contributed by atoms with Gasteiger partial charge in [-0.15, -0.1) is 0 Å². The van der Waals surface area contributed by atoms with Crippen molar-refractivity contribution in [3.05, 3.63) is 20.8 Å². The number of piperidine rings is 1. The van der Waals surface area contributed by atoms with Crippen molar-refractivity contribution in [2.45, 2.75) is 39.2 Å². The Labute approximate surface area is 122 Å². The Hall–Kier alpha value is -2.05. The van der Waals surface area contributed by atoms with Gasteiger partial charge in [0.15, 0.2) is 11.3 Å². The van der Waals surface area contributed by atoms with E-state index < -0.39 is 5.69 Å². The van der Waals surface area contributed by atoms with Gasteiger partial charge in [0, 0.05) is 26.2 Å². The molecule has 0 spiro atoms. The molecule has 0 radical (unpaired) electrons. The van der Waals surface area contributed by atoms with E-state index in [1.165, 1.54) is 11.0 Å². The van der Waals surface area contributed by atoms with Crippen LogP contribution in [0.25, 0.3) is 11.0 Å². The van der Waals surface area contributed by atoms with Crippen LogP contribution >= 0.6 is 0 Å². The first-order valence-electron chi connectivity index (χ1n) is 7.47. The summed E-state index contributed by atoms with van der Waals surface area (Å²) in [4.78, 5) is 28.7. The summed E-state index contributed by atoms with van der Waals surface area (Å²) in [6.45, 7) is 5.81. The molecule has 7 nitrogen and oxygen atoms in total. The topological polar surface area (TPSA) is 75.9 Å². The molecule has 114 valence electrons. The number of fused-ring (bicyclic) bond motifs is 1. The lowest BCUT2D eigenvalue weighted by atomic mass is 10.1. The summed E-state index contributed by atoms with van der Waals surface area (Å²) in [6.07, 6.45) is 3.46. The standard InChI is InChI=1S/C14H21N5O2/c1-9(2)19-11-10(17(3)14(21)15-13(11)20)12(16-19)18-7-5-4-6-8-18/h9H,4-8H2,1-3H3,(H,15,20,21). The van der Waals surface area contributed by atoms with E-state index in [1.54, 1.807) is 11.7 Å². The largest absolute Gasteiger partial charge is 0.353 e. The number of H-pyrrole nitrogens is 1. The van der Waals surface area contributed by atoms with Crippen LogP contribution in [0.1, 0.15) is 39.2 Å². The molecule has 0 aromatic carbocycles. The SMILES string of the molecule is CC(C)n1nc(N2CCCCC2)c2c1c(=O)[nH]c(=O)n2C. The summed E-state index contributed by atoms with van der Waals surface area (Å²) in [7, 11) is 1.68. The molecule has 0 saturated carbocycles. The van der Waals surface area contributed by atoms with Gasteiger partial charge in [-0.3, -0.25) is 19.0 Å². The van der Waals surface area contributed by atoms with Crippen LogP contribution in [-0.2, 0) is 7.05 Å². The van der Waals surface area contributed by atoms with Gasteiger partial charge in [0.2, 0.25) is 0 Å². The van der Waals surface area contributed by atoms with Gasteiger partial charge in [-0.25, -0.2) is 4.79 Å². The maximum absolute atomic E-state index is 12.2. The molecule has 1 aliphatic rings. The third-order valence-electron chi connectivity index (χ3n) is 4.09. The lowest BCUT2D eigenvalue weighted by Crippen LogP contribution is -2.32. The van der Waals surface area contributed by atoms with Gasteiger partial charge in [0.25, 0.3) is 5.56 Å². The number of aryl methyl sites for hydroxylation is 1. The highest BCUT2D eigenvalue weighted by atomic mass is 16.2. The smallest absolute Gasteiger partial charge is 0.328 e. The number of hydrogen-bond acceptors (Lipinski definition) is 4. The lowest BCUT2D eigenvalue weighted by molar-refractivity contribution is 0.533. The highest BCUT2D eigenvalue weighted by Crippen LogP contribution is 2.27. The van der Waals surface area contributed by atoms with Crippen LogP contribution < -0.4 is 16.1 Å². The molecular formula is C14H21N5O2. The monoisotopic (exact) mass is 291 g/mol. The van der Waals surface area contributed by atoms with Gasteiger partial charge in [-0.05, 0) is 33.1 Å². The third kappa shape index (κ3) is 2.16. The van der Waals surface area contributed by atoms with Crippen molar-refractivity contribution in [1.29, 1.82) is 0 Å². The lowest BCUT2D eigenvalue weighted by Gasteiger charge is -2.26. The van der Waals surface area contributed by atoms with Gasteiger partial charge in [0.05, 0.1) is 0 Å². The number of aromatic nitrogens is 4. The van der Waals surface area contributed by atoms with Crippen LogP contribution in [0.2, 0.25) is 0 Å². The van der Waals surface area contributed by atoms with Crippen LogP contribution in [0.15, 0.2) is 9.59 Å². The molecule has 2 aromatic rings. The molecule has 0 atom stereocenters. The highest BCUT2D eigenvalue weighted by Gasteiger charge is 2.24. The molecule has 7 heteroatoms. The normalized spacial score (nSPS) is 16.1. The van der Waals surface area contributed by atoms with Crippen LogP contribution in [0.3, 0.4) is 0 Å². The summed E-state index contributed by atoms with van der Waals surface area (Å²) in [6, 6.07) is 0.0599. The Balaban J connectivity index is 2.34. The molecule has 1 N–H and O–H groups in total. The first kappa shape index (κ1) is 13.9. The molecule has 0 bridgehead atoms. The summed E-state index contributed by atoms with van der Waals surface area (Å²) in [5.41, 5.74) is 0.360. The van der Waals surface area contributed by atoms with E-state index in [9.17, 15) is 9.59 Å². The van der Waals surface area contributed by atoms with Crippen molar-refractivity contribution in [1.82, 2.24) is 19.3 Å². The molecule has 2 aromatic heterocycles. The zero-order valence-corrected chi connectivity index (χ0v) is 12.7. The first-order valence-corrected chi connectivity index (χ1v) is 7.47. The third-order valence-corrected chi connectivity index (χ3v) is 4.09. The van der Waals surface area contributed by atoms with Crippen LogP contribution in [0, 0.1) is 0 Å². The average molecular weight is 291 g/mol. The molecule has 1 aliphatic heterocycles. The fourth-order valence-corrected chi connectivity index (χ4v) is 2.97. The number of nitrogens with one attached hydrogen (secondary N) is 1. The van der Waals surface area contributed by atoms with Crippen molar-refractivity contribution < 1.29 is 0 Å². The predicted octanol–water partition coefficient (Wildman–Crippen LogP) is 0.994. The number of aromatic amines is 1. The predicted molar refractivity (Wildman–Crippen MR) is 82.0 cm³/mol. The quantitative estimate of drug-likeness (QED) is 0.895. The van der Waals surface area contributed by atoms with E-state index in [0.29, 0.717) is 11.0 Å². The van der Waals surface area contributed by atoms with Gasteiger partial charge >= 0.3 is 5.69 Å². The summed E-state index contributed by atoms with van der Waals surface area (Å²) < 4.78 is 3.21. The van der Waals surface area contributed by atoms with Crippen molar-refractivity contribution in [3.63, 3.8) is 0 Å². The molecule has 0 aliphatic carbocycles. The zero-order valence-electron chi connectivity index (χ0n) is 12.7. The van der Waals surface area contributed by atoms with E-state index >= 15 is 0 Å². The second-order valence-electron chi connectivity index (χ2n) is 5.93. The van der Waals surface area contributed by atoms with E-state index in [-0.39, 0.29) is 11.6 Å². The molecule has 0 unspecified atom stereocenters. The molecule has 0 amide bonds. The molecule has 21 heavy (non-hydrogen) atoms. The molecule has 3 rings (SSSR count). The van der Waals surface area contributed by atoms with Crippen molar-refractivity contribution in [3.8, 4) is 0 Å². The Morgan fingerprint density at radius 3 is 2.38 bits per heavy atom. The fraction of sp³-hybridized carbons (Fsp3) is 0.643. The van der Waals surface area contributed by atoms with E-state index in [1.807, 2.05) is 13.8 Å².